The molecule has 4 heteroatoms. The summed E-state index contributed by atoms with van der Waals surface area (Å²) >= 11 is 0. The Kier molecular flexibility index (Phi) is 7.52. The molecule has 6 aromatic carbocycles. The van der Waals surface area contributed by atoms with E-state index in [9.17, 15) is 0 Å². The van der Waals surface area contributed by atoms with E-state index in [0.717, 1.165) is 0 Å². The van der Waals surface area contributed by atoms with Gasteiger partial charge in [-0.1, -0.05) is 152 Å². The van der Waals surface area contributed by atoms with E-state index in [4.69, 9.17) is 0 Å². The van der Waals surface area contributed by atoms with Gasteiger partial charge < -0.3 is 0 Å². The predicted octanol–water partition coefficient (Wildman–Crippen LogP) is 5.63. The maximum Gasteiger partial charge on any atom is 0.295 e. The van der Waals surface area contributed by atoms with Crippen LogP contribution in [0, 0.1) is 48.5 Å². The van der Waals surface area contributed by atoms with E-state index in [1.807, 2.05) is 0 Å². The van der Waals surface area contributed by atoms with Crippen molar-refractivity contribution in [2.45, 2.75) is 48.5 Å². The second-order valence-electron chi connectivity index (χ2n) is 14.3. The fraction of sp³-hybridized carbons (Fsp3) is 0.178. The van der Waals surface area contributed by atoms with E-state index in [1.54, 1.807) is 0 Å². The van der Waals surface area contributed by atoms with Crippen LogP contribution >= 0.6 is 0 Å². The topological polar surface area (TPSA) is 8.81 Å². The molecule has 1 aliphatic rings. The molecule has 0 atom stereocenters. The van der Waals surface area contributed by atoms with Crippen LogP contribution in [0.4, 0.5) is 0 Å². The lowest BCUT2D eigenvalue weighted by Crippen LogP contribution is -2.76. The zero-order valence-electron chi connectivity index (χ0n) is 30.0. The standard InChI is InChI=1S/C45H43B2N2/c1-28-16-13-17-29(2)41(28)46-36-22-9-10-23-37(36)47(42-30(3)18-14-19-31(42)4)43-34(7)35(26-27-38(43)46)45-48(8)39-24-11-12-25-40(39)49(45)44-32(5)20-15-21-33(44)6/h9-27H,1-8H3/q+1. The summed E-state index contributed by atoms with van der Waals surface area (Å²) in [5, 5.41) is 0. The van der Waals surface area contributed by atoms with Gasteiger partial charge in [0.05, 0.1) is 12.6 Å². The van der Waals surface area contributed by atoms with Gasteiger partial charge in [-0.15, -0.1) is 0 Å². The minimum Gasteiger partial charge on any atom is -0.225 e. The molecule has 0 N–H and O–H groups in total. The Morgan fingerprint density at radius 1 is 0.449 bits per heavy atom. The quantitative estimate of drug-likeness (QED) is 0.176. The highest BCUT2D eigenvalue weighted by Gasteiger charge is 2.42. The number of aryl methyl sites for hydroxylation is 7. The normalized spacial score (nSPS) is 12.4. The average Bonchev–Trinajstić information content (AvgIpc) is 3.36. The maximum atomic E-state index is 2.52. The van der Waals surface area contributed by atoms with Crippen molar-refractivity contribution in [2.24, 2.45) is 7.05 Å². The molecule has 0 unspecified atom stereocenters. The third kappa shape index (κ3) is 4.68. The van der Waals surface area contributed by atoms with Crippen LogP contribution in [0.1, 0.15) is 38.9 Å². The molecule has 0 spiro atoms. The lowest BCUT2D eigenvalue weighted by atomic mass is 9.20. The first kappa shape index (κ1) is 31.2. The molecule has 8 rings (SSSR count). The number of aromatic nitrogens is 2. The summed E-state index contributed by atoms with van der Waals surface area (Å²) in [6.45, 7) is 16.3. The second kappa shape index (κ2) is 11.8. The van der Waals surface area contributed by atoms with E-state index >= 15 is 0 Å². The highest BCUT2D eigenvalue weighted by molar-refractivity contribution is 7.11. The van der Waals surface area contributed by atoms with Crippen LogP contribution in [-0.2, 0) is 7.05 Å². The number of benzene rings is 6. The van der Waals surface area contributed by atoms with Crippen LogP contribution in [0.5, 0.6) is 0 Å². The lowest BCUT2D eigenvalue weighted by Gasteiger charge is -2.35. The van der Waals surface area contributed by atoms with Crippen molar-refractivity contribution in [2.75, 3.05) is 0 Å². The van der Waals surface area contributed by atoms with E-state index < -0.39 is 0 Å². The minimum atomic E-state index is 0.122. The molecule has 0 fully saturated rings. The molecule has 2 heterocycles. The summed E-state index contributed by atoms with van der Waals surface area (Å²) in [6, 6.07) is 43.2. The van der Waals surface area contributed by atoms with Crippen LogP contribution in [0.25, 0.3) is 28.1 Å². The van der Waals surface area contributed by atoms with Crippen molar-refractivity contribution in [1.29, 1.82) is 0 Å². The zero-order chi connectivity index (χ0) is 34.1. The van der Waals surface area contributed by atoms with E-state index in [2.05, 4.69) is 180 Å². The number of hydrogen-bond acceptors (Lipinski definition) is 0. The predicted molar refractivity (Wildman–Crippen MR) is 212 cm³/mol. The molecule has 1 aromatic heterocycles. The molecular formula is C45H43B2N2+. The number of rotatable bonds is 4. The van der Waals surface area contributed by atoms with Gasteiger partial charge in [0.25, 0.3) is 5.82 Å². The number of nitrogens with zero attached hydrogens (tertiary/aromatic N) is 2. The third-order valence-corrected chi connectivity index (χ3v) is 11.3. The Balaban J connectivity index is 1.52. The molecule has 0 saturated heterocycles. The molecular weight excluding hydrogens is 590 g/mol. The lowest BCUT2D eigenvalue weighted by molar-refractivity contribution is -0.633. The summed E-state index contributed by atoms with van der Waals surface area (Å²) < 4.78 is 4.92. The molecule has 2 nitrogen and oxygen atoms in total. The van der Waals surface area contributed by atoms with Crippen LogP contribution in [0.3, 0.4) is 0 Å². The minimum absolute atomic E-state index is 0.122. The molecule has 7 aromatic rings. The molecule has 0 radical (unpaired) electrons. The zero-order valence-corrected chi connectivity index (χ0v) is 30.0. The highest BCUT2D eigenvalue weighted by atomic mass is 15.2. The third-order valence-electron chi connectivity index (χ3n) is 11.3. The van der Waals surface area contributed by atoms with Gasteiger partial charge in [0.15, 0.2) is 11.0 Å². The van der Waals surface area contributed by atoms with Crippen molar-refractivity contribution in [3.8, 4) is 17.1 Å². The van der Waals surface area contributed by atoms with Crippen molar-refractivity contribution >= 4 is 57.2 Å². The van der Waals surface area contributed by atoms with Gasteiger partial charge in [0.2, 0.25) is 13.4 Å². The average molecular weight is 633 g/mol. The maximum absolute atomic E-state index is 2.52. The van der Waals surface area contributed by atoms with Gasteiger partial charge in [-0.05, 0) is 83.4 Å². The van der Waals surface area contributed by atoms with E-state index in [1.165, 1.54) is 99.8 Å². The Morgan fingerprint density at radius 2 is 0.939 bits per heavy atom. The molecule has 238 valence electrons. The van der Waals surface area contributed by atoms with Gasteiger partial charge in [-0.25, -0.2) is 4.57 Å². The fourth-order valence-corrected chi connectivity index (χ4v) is 9.16. The van der Waals surface area contributed by atoms with Crippen LogP contribution < -0.4 is 37.3 Å². The summed E-state index contributed by atoms with van der Waals surface area (Å²) in [4.78, 5) is 0. The van der Waals surface area contributed by atoms with Gasteiger partial charge in [-0.3, -0.25) is 0 Å². The first-order chi connectivity index (χ1) is 23.7. The summed E-state index contributed by atoms with van der Waals surface area (Å²) in [6.07, 6.45) is 0. The number of imidazole rings is 1. The van der Waals surface area contributed by atoms with Gasteiger partial charge >= 0.3 is 0 Å². The molecule has 1 aliphatic heterocycles. The van der Waals surface area contributed by atoms with Crippen molar-refractivity contribution in [1.82, 2.24) is 4.57 Å². The van der Waals surface area contributed by atoms with E-state index in [0.29, 0.717) is 0 Å². The second-order valence-corrected chi connectivity index (χ2v) is 14.3. The summed E-state index contributed by atoms with van der Waals surface area (Å²) in [7, 11) is 2.23. The highest BCUT2D eigenvalue weighted by Crippen LogP contribution is 2.32. The van der Waals surface area contributed by atoms with Crippen molar-refractivity contribution in [3.05, 3.63) is 154 Å². The Morgan fingerprint density at radius 3 is 1.53 bits per heavy atom. The first-order valence-corrected chi connectivity index (χ1v) is 17.6. The van der Waals surface area contributed by atoms with Gasteiger partial charge in [-0.2, -0.15) is 4.57 Å². The summed E-state index contributed by atoms with van der Waals surface area (Å²) in [5.41, 5.74) is 22.8. The van der Waals surface area contributed by atoms with Crippen molar-refractivity contribution < 1.29 is 4.57 Å². The fourth-order valence-electron chi connectivity index (χ4n) is 9.16. The SMILES string of the molecule is Cc1cccc(C)c1B1c2ccccc2B(c2c(C)cccc2C)c2c1ccc(-c1n(-c3c(C)cccc3C)c3ccccc3[n+]1C)c2C. The Labute approximate surface area is 292 Å². The summed E-state index contributed by atoms with van der Waals surface area (Å²) in [5.74, 6) is 1.21. The van der Waals surface area contributed by atoms with Crippen LogP contribution in [-0.4, -0.2) is 18.0 Å². The number of fused-ring (bicyclic) bond motifs is 3. The molecule has 49 heavy (non-hydrogen) atoms. The van der Waals surface area contributed by atoms with Crippen LogP contribution in [0.2, 0.25) is 0 Å². The smallest absolute Gasteiger partial charge is 0.225 e. The molecule has 0 saturated carbocycles. The van der Waals surface area contributed by atoms with Gasteiger partial charge in [0, 0.05) is 0 Å². The number of hydrogen-bond donors (Lipinski definition) is 0. The monoisotopic (exact) mass is 633 g/mol. The van der Waals surface area contributed by atoms with E-state index in [-0.39, 0.29) is 13.4 Å². The molecule has 0 aliphatic carbocycles. The van der Waals surface area contributed by atoms with Crippen LogP contribution in [0.15, 0.2) is 115 Å². The van der Waals surface area contributed by atoms with Crippen molar-refractivity contribution in [3.63, 3.8) is 0 Å². The Bertz CT molecular complexity index is 2390. The molecule has 0 amide bonds. The first-order valence-electron chi connectivity index (χ1n) is 17.6. The largest absolute Gasteiger partial charge is 0.295 e. The number of para-hydroxylation sites is 3. The van der Waals surface area contributed by atoms with Gasteiger partial charge in [0.1, 0.15) is 5.69 Å². The Hall–Kier alpha value is -5.08. The molecule has 0 bridgehead atoms.